The first-order valence-corrected chi connectivity index (χ1v) is 7.60. The first-order chi connectivity index (χ1) is 10.1. The molecule has 2 aromatic carbocycles. The molecule has 0 radical (unpaired) electrons. The highest BCUT2D eigenvalue weighted by Crippen LogP contribution is 2.38. The van der Waals surface area contributed by atoms with E-state index in [1.165, 1.54) is 43.7 Å². The smallest absolute Gasteiger partial charge is 0.123 e. The molecule has 0 saturated heterocycles. The van der Waals surface area contributed by atoms with Crippen molar-refractivity contribution < 1.29 is 9.50 Å². The van der Waals surface area contributed by atoms with E-state index in [9.17, 15) is 4.39 Å². The number of phenolic OH excluding ortho intramolecular Hbond substituents is 1. The fourth-order valence-corrected chi connectivity index (χ4v) is 2.91. The Kier molecular flexibility index (Phi) is 5.38. The van der Waals surface area contributed by atoms with E-state index in [2.05, 4.69) is 13.0 Å². The number of para-hydroxylation sites is 1. The quantitative estimate of drug-likeness (QED) is 0.740. The summed E-state index contributed by atoms with van der Waals surface area (Å²) in [6.07, 6.45) is 6.32. The molecule has 0 atom stereocenters. The largest absolute Gasteiger partial charge is 0.508 e. The Hall–Kier alpha value is -1.83. The molecule has 0 spiro atoms. The van der Waals surface area contributed by atoms with Crippen LogP contribution in [-0.2, 0) is 5.41 Å². The Morgan fingerprint density at radius 1 is 0.905 bits per heavy atom. The summed E-state index contributed by atoms with van der Waals surface area (Å²) in [5.41, 5.74) is 1.40. The van der Waals surface area contributed by atoms with Gasteiger partial charge in [0.25, 0.3) is 0 Å². The summed E-state index contributed by atoms with van der Waals surface area (Å²) < 4.78 is 13.1. The van der Waals surface area contributed by atoms with Gasteiger partial charge in [-0.1, -0.05) is 56.5 Å². The SMILES string of the molecule is CC1(c2cccc(F)c2)CCCCC1.Oc1ccccc1. The van der Waals surface area contributed by atoms with Gasteiger partial charge in [-0.15, -0.1) is 0 Å². The first-order valence-electron chi connectivity index (χ1n) is 7.60. The average molecular weight is 286 g/mol. The topological polar surface area (TPSA) is 20.2 Å². The Morgan fingerprint density at radius 2 is 1.57 bits per heavy atom. The zero-order chi connectivity index (χ0) is 15.1. The molecule has 112 valence electrons. The molecule has 0 unspecified atom stereocenters. The summed E-state index contributed by atoms with van der Waals surface area (Å²) in [6.45, 7) is 2.26. The lowest BCUT2D eigenvalue weighted by molar-refractivity contribution is 0.318. The van der Waals surface area contributed by atoms with Crippen LogP contribution in [0.4, 0.5) is 4.39 Å². The molecule has 1 saturated carbocycles. The lowest BCUT2D eigenvalue weighted by Gasteiger charge is -2.34. The van der Waals surface area contributed by atoms with E-state index in [0.29, 0.717) is 5.75 Å². The van der Waals surface area contributed by atoms with Crippen molar-refractivity contribution in [1.82, 2.24) is 0 Å². The lowest BCUT2D eigenvalue weighted by Crippen LogP contribution is -2.24. The van der Waals surface area contributed by atoms with Crippen LogP contribution in [0.25, 0.3) is 0 Å². The second kappa shape index (κ2) is 7.26. The highest BCUT2D eigenvalue weighted by molar-refractivity contribution is 5.25. The molecule has 2 heteroatoms. The Morgan fingerprint density at radius 3 is 2.10 bits per heavy atom. The monoisotopic (exact) mass is 286 g/mol. The van der Waals surface area contributed by atoms with Gasteiger partial charge in [-0.2, -0.15) is 0 Å². The van der Waals surface area contributed by atoms with Gasteiger partial charge in [0.15, 0.2) is 0 Å². The highest BCUT2D eigenvalue weighted by Gasteiger charge is 2.28. The number of rotatable bonds is 1. The third-order valence-electron chi connectivity index (χ3n) is 4.23. The molecule has 3 rings (SSSR count). The van der Waals surface area contributed by atoms with E-state index in [1.807, 2.05) is 12.1 Å². The van der Waals surface area contributed by atoms with Gasteiger partial charge < -0.3 is 5.11 Å². The van der Waals surface area contributed by atoms with Crippen LogP contribution in [-0.4, -0.2) is 5.11 Å². The summed E-state index contributed by atoms with van der Waals surface area (Å²) in [5, 5.41) is 8.63. The van der Waals surface area contributed by atoms with Gasteiger partial charge >= 0.3 is 0 Å². The maximum absolute atomic E-state index is 13.1. The van der Waals surface area contributed by atoms with E-state index < -0.39 is 0 Å². The highest BCUT2D eigenvalue weighted by atomic mass is 19.1. The Labute approximate surface area is 126 Å². The van der Waals surface area contributed by atoms with Crippen LogP contribution in [0.5, 0.6) is 5.75 Å². The summed E-state index contributed by atoms with van der Waals surface area (Å²) in [7, 11) is 0. The minimum atomic E-state index is -0.103. The second-order valence-electron chi connectivity index (χ2n) is 5.97. The predicted octanol–water partition coefficient (Wildman–Crippen LogP) is 5.44. The molecule has 0 aliphatic heterocycles. The molecule has 2 aromatic rings. The van der Waals surface area contributed by atoms with Crippen molar-refractivity contribution in [2.75, 3.05) is 0 Å². The van der Waals surface area contributed by atoms with Gasteiger partial charge in [0.1, 0.15) is 11.6 Å². The van der Waals surface area contributed by atoms with Gasteiger partial charge in [-0.05, 0) is 48.1 Å². The van der Waals surface area contributed by atoms with Crippen LogP contribution in [0.1, 0.15) is 44.6 Å². The van der Waals surface area contributed by atoms with Crippen LogP contribution in [0.2, 0.25) is 0 Å². The van der Waals surface area contributed by atoms with E-state index >= 15 is 0 Å². The summed E-state index contributed by atoms with van der Waals surface area (Å²) in [5.74, 6) is 0.219. The number of halogens is 1. The number of hydrogen-bond acceptors (Lipinski definition) is 1. The molecule has 0 bridgehead atoms. The number of hydrogen-bond donors (Lipinski definition) is 1. The van der Waals surface area contributed by atoms with Gasteiger partial charge in [-0.25, -0.2) is 4.39 Å². The zero-order valence-electron chi connectivity index (χ0n) is 12.6. The van der Waals surface area contributed by atoms with Crippen molar-refractivity contribution in [3.8, 4) is 5.75 Å². The lowest BCUT2D eigenvalue weighted by atomic mass is 9.71. The van der Waals surface area contributed by atoms with E-state index in [4.69, 9.17) is 5.11 Å². The van der Waals surface area contributed by atoms with Gasteiger partial charge in [0, 0.05) is 0 Å². The summed E-state index contributed by atoms with van der Waals surface area (Å²) in [6, 6.07) is 15.8. The van der Waals surface area contributed by atoms with Gasteiger partial charge in [0.2, 0.25) is 0 Å². The summed E-state index contributed by atoms with van der Waals surface area (Å²) >= 11 is 0. The zero-order valence-corrected chi connectivity index (χ0v) is 12.6. The van der Waals surface area contributed by atoms with Crippen molar-refractivity contribution in [3.63, 3.8) is 0 Å². The van der Waals surface area contributed by atoms with Crippen molar-refractivity contribution >= 4 is 0 Å². The molecule has 0 aromatic heterocycles. The molecule has 1 aliphatic carbocycles. The molecular formula is C19H23FO. The van der Waals surface area contributed by atoms with E-state index in [1.54, 1.807) is 30.3 Å². The number of aromatic hydroxyl groups is 1. The van der Waals surface area contributed by atoms with Gasteiger partial charge in [0.05, 0.1) is 0 Å². The normalized spacial score (nSPS) is 16.7. The number of phenols is 1. The van der Waals surface area contributed by atoms with Crippen LogP contribution in [0, 0.1) is 5.82 Å². The van der Waals surface area contributed by atoms with Crippen molar-refractivity contribution in [2.45, 2.75) is 44.4 Å². The maximum Gasteiger partial charge on any atom is 0.123 e. The first kappa shape index (κ1) is 15.6. The molecule has 21 heavy (non-hydrogen) atoms. The van der Waals surface area contributed by atoms with Crippen molar-refractivity contribution in [1.29, 1.82) is 0 Å². The average Bonchev–Trinajstić information content (AvgIpc) is 2.49. The van der Waals surface area contributed by atoms with Crippen LogP contribution >= 0.6 is 0 Å². The van der Waals surface area contributed by atoms with Gasteiger partial charge in [-0.3, -0.25) is 0 Å². The van der Waals surface area contributed by atoms with E-state index in [0.717, 1.165) is 0 Å². The second-order valence-corrected chi connectivity index (χ2v) is 5.97. The predicted molar refractivity (Wildman–Crippen MR) is 84.9 cm³/mol. The summed E-state index contributed by atoms with van der Waals surface area (Å²) in [4.78, 5) is 0. The Bertz CT molecular complexity index is 545. The van der Waals surface area contributed by atoms with Crippen LogP contribution in [0.3, 0.4) is 0 Å². The maximum atomic E-state index is 13.1. The van der Waals surface area contributed by atoms with Crippen LogP contribution < -0.4 is 0 Å². The third kappa shape index (κ3) is 4.59. The molecule has 0 heterocycles. The fourth-order valence-electron chi connectivity index (χ4n) is 2.91. The number of benzene rings is 2. The molecular weight excluding hydrogens is 263 g/mol. The standard InChI is InChI=1S/C13H17F.C6H6O/c1-13(8-3-2-4-9-13)11-6-5-7-12(14)10-11;7-6-4-2-1-3-5-6/h5-7,10H,2-4,8-9H2,1H3;1-5,7H. The minimum Gasteiger partial charge on any atom is -0.508 e. The fraction of sp³-hybridized carbons (Fsp3) is 0.368. The van der Waals surface area contributed by atoms with Crippen LogP contribution in [0.15, 0.2) is 54.6 Å². The minimum absolute atomic E-state index is 0.103. The third-order valence-corrected chi connectivity index (χ3v) is 4.23. The molecule has 0 amide bonds. The molecule has 1 N–H and O–H groups in total. The van der Waals surface area contributed by atoms with E-state index in [-0.39, 0.29) is 11.2 Å². The van der Waals surface area contributed by atoms with Crippen molar-refractivity contribution in [3.05, 3.63) is 66.0 Å². The van der Waals surface area contributed by atoms with Crippen molar-refractivity contribution in [2.24, 2.45) is 0 Å². The molecule has 1 nitrogen and oxygen atoms in total. The molecule has 1 fully saturated rings. The molecule has 1 aliphatic rings. The Balaban J connectivity index is 0.000000194.